The molecule has 1 heteroatoms. The SMILES string of the molecule is [2H]c1c([2H])c([2H])c(-c2c3c([2H])c([2H])c([2H])c([2H])c3c(-c3ccc(-c4cccc5c4oc4ccc(-c6ccc7ccccc7c6)cc45)cc3)c3c([2H])c([2H])c([2H])c([2H])c23)c([2H])c1[2H]. The molecule has 0 amide bonds. The van der Waals surface area contributed by atoms with Crippen LogP contribution in [0.2, 0.25) is 0 Å². The van der Waals surface area contributed by atoms with Crippen LogP contribution in [0.25, 0.3) is 98.8 Å². The van der Waals surface area contributed by atoms with Gasteiger partial charge in [0.2, 0.25) is 0 Å². The first-order valence-corrected chi connectivity index (χ1v) is 15.8. The van der Waals surface area contributed by atoms with Crippen LogP contribution >= 0.6 is 0 Å². The normalized spacial score (nSPS) is 15.4. The minimum Gasteiger partial charge on any atom is -0.455 e. The first-order valence-electron chi connectivity index (χ1n) is 22.3. The summed E-state index contributed by atoms with van der Waals surface area (Å²) < 4.78 is 121. The molecular weight excluding hydrogens is 593 g/mol. The van der Waals surface area contributed by atoms with E-state index in [0.29, 0.717) is 16.7 Å². The molecule has 9 aromatic carbocycles. The Bertz CT molecular complexity index is 3500. The second-order valence-corrected chi connectivity index (χ2v) is 11.9. The monoisotopic (exact) mass is 635 g/mol. The Morgan fingerprint density at radius 2 is 0.939 bits per heavy atom. The Labute approximate surface area is 302 Å². The number of fused-ring (bicyclic) bond motifs is 6. The van der Waals surface area contributed by atoms with Crippen molar-refractivity contribution >= 4 is 54.3 Å². The van der Waals surface area contributed by atoms with Gasteiger partial charge in [-0.25, -0.2) is 0 Å². The van der Waals surface area contributed by atoms with Crippen molar-refractivity contribution in [2.45, 2.75) is 0 Å². The van der Waals surface area contributed by atoms with Gasteiger partial charge in [-0.1, -0.05) is 163 Å². The molecule has 0 unspecified atom stereocenters. The number of furan rings is 1. The number of hydrogen-bond donors (Lipinski definition) is 0. The fraction of sp³-hybridized carbons (Fsp3) is 0. The molecule has 49 heavy (non-hydrogen) atoms. The molecule has 0 atom stereocenters. The standard InChI is InChI=1S/C48H30O/c1-2-12-33(13-3-1)46-39-15-6-8-17-41(39)47(42-18-9-7-16-40(42)46)34-24-22-32(23-25-34)38-19-10-20-43-44-30-37(27-28-45(44)49-48(38)43)36-26-21-31-11-4-5-14-35(31)29-36/h1-30H/i1D,2D,3D,6D,7D,8D,9D,12D,13D,15D,16D,17D,18D. The van der Waals surface area contributed by atoms with Gasteiger partial charge in [0.25, 0.3) is 0 Å². The van der Waals surface area contributed by atoms with Gasteiger partial charge in [-0.15, -0.1) is 0 Å². The van der Waals surface area contributed by atoms with Crippen molar-refractivity contribution < 1.29 is 22.2 Å². The second-order valence-electron chi connectivity index (χ2n) is 11.9. The first-order chi connectivity index (χ1) is 29.7. The zero-order valence-corrected chi connectivity index (χ0v) is 25.7. The molecule has 0 aliphatic carbocycles. The van der Waals surface area contributed by atoms with E-state index in [1.165, 1.54) is 0 Å². The number of hydrogen-bond acceptors (Lipinski definition) is 1. The van der Waals surface area contributed by atoms with Gasteiger partial charge in [0.05, 0.1) is 17.8 Å². The zero-order chi connectivity index (χ0) is 43.6. The lowest BCUT2D eigenvalue weighted by Crippen LogP contribution is -1.90. The Kier molecular flexibility index (Phi) is 3.99. The maximum absolute atomic E-state index is 9.23. The van der Waals surface area contributed by atoms with Crippen LogP contribution in [0.5, 0.6) is 0 Å². The third-order valence-corrected chi connectivity index (χ3v) is 9.19. The van der Waals surface area contributed by atoms with E-state index in [1.54, 1.807) is 24.3 Å². The van der Waals surface area contributed by atoms with Crippen LogP contribution < -0.4 is 0 Å². The number of benzene rings is 9. The minimum absolute atomic E-state index is 0.0693. The van der Waals surface area contributed by atoms with E-state index in [2.05, 4.69) is 36.4 Å². The number of rotatable bonds is 4. The predicted octanol–water partition coefficient (Wildman–Crippen LogP) is 13.7. The van der Waals surface area contributed by atoms with Gasteiger partial charge >= 0.3 is 0 Å². The van der Waals surface area contributed by atoms with Gasteiger partial charge in [-0.05, 0) is 89.5 Å². The molecule has 1 nitrogen and oxygen atoms in total. The summed E-state index contributed by atoms with van der Waals surface area (Å²) in [7, 11) is 0. The third kappa shape index (κ3) is 4.47. The molecule has 0 bridgehead atoms. The van der Waals surface area contributed by atoms with Gasteiger partial charge in [0, 0.05) is 16.3 Å². The fourth-order valence-electron chi connectivity index (χ4n) is 6.93. The van der Waals surface area contributed by atoms with Crippen LogP contribution in [0.1, 0.15) is 17.8 Å². The van der Waals surface area contributed by atoms with E-state index in [9.17, 15) is 5.48 Å². The molecule has 1 heterocycles. The Morgan fingerprint density at radius 3 is 1.65 bits per heavy atom. The summed E-state index contributed by atoms with van der Waals surface area (Å²) in [5, 5.41) is 3.36. The van der Waals surface area contributed by atoms with Crippen molar-refractivity contribution in [1.29, 1.82) is 0 Å². The molecule has 0 aliphatic rings. The van der Waals surface area contributed by atoms with Gasteiger partial charge < -0.3 is 4.42 Å². The molecule has 1 aromatic heterocycles. The largest absolute Gasteiger partial charge is 0.455 e. The lowest BCUT2D eigenvalue weighted by Gasteiger charge is -2.18. The van der Waals surface area contributed by atoms with E-state index in [4.69, 9.17) is 16.8 Å². The molecule has 0 aliphatic heterocycles. The molecule has 0 saturated carbocycles. The average molecular weight is 636 g/mol. The van der Waals surface area contributed by atoms with E-state index >= 15 is 0 Å². The van der Waals surface area contributed by atoms with Crippen molar-refractivity contribution in [3.63, 3.8) is 0 Å². The van der Waals surface area contributed by atoms with Gasteiger partial charge in [-0.2, -0.15) is 0 Å². The molecule has 10 rings (SSSR count). The number of para-hydroxylation sites is 1. The Morgan fingerprint density at radius 1 is 0.367 bits per heavy atom. The molecule has 0 saturated heterocycles. The van der Waals surface area contributed by atoms with Crippen molar-refractivity contribution in [3.8, 4) is 44.5 Å². The second kappa shape index (κ2) is 11.1. The van der Waals surface area contributed by atoms with Crippen LogP contribution in [0, 0.1) is 0 Å². The minimum atomic E-state index is -0.714. The summed E-state index contributed by atoms with van der Waals surface area (Å²) in [6.45, 7) is 0. The van der Waals surface area contributed by atoms with E-state index in [0.717, 1.165) is 43.8 Å². The Balaban J connectivity index is 1.22. The van der Waals surface area contributed by atoms with E-state index < -0.39 is 84.1 Å². The highest BCUT2D eigenvalue weighted by Gasteiger charge is 2.17. The smallest absolute Gasteiger partial charge is 0.143 e. The lowest BCUT2D eigenvalue weighted by atomic mass is 9.85. The van der Waals surface area contributed by atoms with Crippen LogP contribution in [-0.2, 0) is 0 Å². The van der Waals surface area contributed by atoms with Crippen LogP contribution in [0.3, 0.4) is 0 Å². The van der Waals surface area contributed by atoms with Gasteiger partial charge in [0.15, 0.2) is 0 Å². The van der Waals surface area contributed by atoms with E-state index in [1.807, 2.05) is 42.5 Å². The molecule has 228 valence electrons. The maximum atomic E-state index is 9.23. The van der Waals surface area contributed by atoms with Crippen LogP contribution in [-0.4, -0.2) is 0 Å². The van der Waals surface area contributed by atoms with Crippen LogP contribution in [0.15, 0.2) is 186 Å². The predicted molar refractivity (Wildman–Crippen MR) is 208 cm³/mol. The van der Waals surface area contributed by atoms with Crippen molar-refractivity contribution in [1.82, 2.24) is 0 Å². The Hall–Kier alpha value is -6.44. The highest BCUT2D eigenvalue weighted by Crippen LogP contribution is 2.44. The molecule has 10 aromatic rings. The highest BCUT2D eigenvalue weighted by atomic mass is 16.3. The summed E-state index contributed by atoms with van der Waals surface area (Å²) in [6.07, 6.45) is 0. The maximum Gasteiger partial charge on any atom is 0.143 e. The molecule has 0 N–H and O–H groups in total. The van der Waals surface area contributed by atoms with Crippen molar-refractivity contribution in [2.75, 3.05) is 0 Å². The quantitative estimate of drug-likeness (QED) is 0.175. The van der Waals surface area contributed by atoms with Gasteiger partial charge in [-0.3, -0.25) is 0 Å². The summed E-state index contributed by atoms with van der Waals surface area (Å²) >= 11 is 0. The van der Waals surface area contributed by atoms with Gasteiger partial charge in [0.1, 0.15) is 11.2 Å². The average Bonchev–Trinajstić information content (AvgIpc) is 3.67. The fourth-order valence-corrected chi connectivity index (χ4v) is 6.93. The van der Waals surface area contributed by atoms with E-state index in [-0.39, 0.29) is 32.7 Å². The van der Waals surface area contributed by atoms with Crippen molar-refractivity contribution in [3.05, 3.63) is 182 Å². The molecule has 0 radical (unpaired) electrons. The summed E-state index contributed by atoms with van der Waals surface area (Å²) in [5.41, 5.74) is 4.62. The topological polar surface area (TPSA) is 13.1 Å². The summed E-state index contributed by atoms with van der Waals surface area (Å²) in [4.78, 5) is 0. The highest BCUT2D eigenvalue weighted by molar-refractivity contribution is 6.21. The summed E-state index contributed by atoms with van der Waals surface area (Å²) in [6, 6.07) is 25.2. The summed E-state index contributed by atoms with van der Waals surface area (Å²) in [5.74, 6) is 0. The third-order valence-electron chi connectivity index (χ3n) is 9.19. The van der Waals surface area contributed by atoms with Crippen LogP contribution in [0.4, 0.5) is 0 Å². The first kappa shape index (κ1) is 17.6. The molecule has 0 spiro atoms. The lowest BCUT2D eigenvalue weighted by molar-refractivity contribution is 0.670. The molecule has 0 fully saturated rings. The zero-order valence-electron chi connectivity index (χ0n) is 38.7. The van der Waals surface area contributed by atoms with Crippen molar-refractivity contribution in [2.24, 2.45) is 0 Å². The molecular formula is C48H30O.